The minimum absolute atomic E-state index is 0.139. The molecule has 2 heterocycles. The first kappa shape index (κ1) is 17.6. The van der Waals surface area contributed by atoms with Crippen LogP contribution < -0.4 is 5.32 Å². The number of amides is 1. The summed E-state index contributed by atoms with van der Waals surface area (Å²) in [5.41, 5.74) is 3.17. The molecule has 0 saturated carbocycles. The molecule has 0 unspecified atom stereocenters. The lowest BCUT2D eigenvalue weighted by Gasteiger charge is -2.17. The van der Waals surface area contributed by atoms with E-state index in [2.05, 4.69) is 23.5 Å². The monoisotopic (exact) mass is 344 g/mol. The number of benzene rings is 1. The number of likely N-dealkylation sites (tertiary alicyclic amines) is 1. The van der Waals surface area contributed by atoms with Crippen LogP contribution in [0, 0.1) is 12.7 Å². The highest BCUT2D eigenvalue weighted by Crippen LogP contribution is 2.16. The van der Waals surface area contributed by atoms with Gasteiger partial charge in [0.1, 0.15) is 5.82 Å². The summed E-state index contributed by atoms with van der Waals surface area (Å²) >= 11 is 0. The third kappa shape index (κ3) is 4.45. The van der Waals surface area contributed by atoms with E-state index in [0.29, 0.717) is 19.5 Å². The van der Waals surface area contributed by atoms with Crippen LogP contribution in [-0.2, 0) is 24.4 Å². The summed E-state index contributed by atoms with van der Waals surface area (Å²) in [6, 6.07) is 6.47. The molecule has 0 spiro atoms. The van der Waals surface area contributed by atoms with Gasteiger partial charge in [-0.1, -0.05) is 19.1 Å². The number of aromatic nitrogens is 2. The molecule has 1 aromatic heterocycles. The molecule has 0 bridgehead atoms. The maximum Gasteiger partial charge on any atom is 0.224 e. The van der Waals surface area contributed by atoms with Gasteiger partial charge in [-0.05, 0) is 31.0 Å². The van der Waals surface area contributed by atoms with Crippen molar-refractivity contribution in [3.8, 4) is 0 Å². The highest BCUT2D eigenvalue weighted by atomic mass is 19.1. The molecule has 134 valence electrons. The first-order valence-corrected chi connectivity index (χ1v) is 8.83. The van der Waals surface area contributed by atoms with E-state index in [9.17, 15) is 9.18 Å². The SMILES string of the molecule is CCCn1cc(CN[C@@H]2CC(=O)N(Cc3ccc(F)cc3)C2)c(C)n1. The number of rotatable bonds is 7. The number of halogens is 1. The zero-order valence-electron chi connectivity index (χ0n) is 14.8. The van der Waals surface area contributed by atoms with Gasteiger partial charge in [0.2, 0.25) is 5.91 Å². The number of nitrogens with zero attached hydrogens (tertiary/aromatic N) is 3. The van der Waals surface area contributed by atoms with Crippen molar-refractivity contribution in [3.63, 3.8) is 0 Å². The summed E-state index contributed by atoms with van der Waals surface area (Å²) in [4.78, 5) is 14.1. The molecule has 1 atom stereocenters. The average molecular weight is 344 g/mol. The minimum atomic E-state index is -0.255. The van der Waals surface area contributed by atoms with Gasteiger partial charge in [-0.2, -0.15) is 5.10 Å². The zero-order valence-corrected chi connectivity index (χ0v) is 14.8. The van der Waals surface area contributed by atoms with E-state index >= 15 is 0 Å². The fourth-order valence-electron chi connectivity index (χ4n) is 3.20. The number of carbonyl (C=O) groups excluding carboxylic acids is 1. The number of carbonyl (C=O) groups is 1. The average Bonchev–Trinajstić information content (AvgIpc) is 3.10. The van der Waals surface area contributed by atoms with Gasteiger partial charge in [-0.25, -0.2) is 4.39 Å². The Balaban J connectivity index is 1.53. The quantitative estimate of drug-likeness (QED) is 0.840. The largest absolute Gasteiger partial charge is 0.337 e. The maximum atomic E-state index is 13.0. The van der Waals surface area contributed by atoms with Crippen molar-refractivity contribution in [1.82, 2.24) is 20.0 Å². The second kappa shape index (κ2) is 7.78. The fraction of sp³-hybridized carbons (Fsp3) is 0.474. The van der Waals surface area contributed by atoms with Crippen LogP contribution in [-0.4, -0.2) is 33.2 Å². The molecule has 1 saturated heterocycles. The van der Waals surface area contributed by atoms with Crippen LogP contribution in [0.4, 0.5) is 4.39 Å². The molecule has 25 heavy (non-hydrogen) atoms. The Morgan fingerprint density at radius 2 is 2.08 bits per heavy atom. The molecule has 2 aromatic rings. The Morgan fingerprint density at radius 3 is 2.80 bits per heavy atom. The topological polar surface area (TPSA) is 50.2 Å². The normalized spacial score (nSPS) is 17.5. The van der Waals surface area contributed by atoms with Crippen LogP contribution in [0.5, 0.6) is 0 Å². The van der Waals surface area contributed by atoms with Crippen LogP contribution >= 0.6 is 0 Å². The molecule has 1 aliphatic heterocycles. The van der Waals surface area contributed by atoms with Gasteiger partial charge < -0.3 is 10.2 Å². The van der Waals surface area contributed by atoms with Crippen LogP contribution in [0.1, 0.15) is 36.6 Å². The summed E-state index contributed by atoms with van der Waals surface area (Å²) in [6.45, 7) is 7.01. The fourth-order valence-corrected chi connectivity index (χ4v) is 3.20. The first-order chi connectivity index (χ1) is 12.0. The Labute approximate surface area is 147 Å². The molecule has 6 heteroatoms. The maximum absolute atomic E-state index is 13.0. The first-order valence-electron chi connectivity index (χ1n) is 8.83. The smallest absolute Gasteiger partial charge is 0.224 e. The Hall–Kier alpha value is -2.21. The van der Waals surface area contributed by atoms with Gasteiger partial charge >= 0.3 is 0 Å². The Kier molecular flexibility index (Phi) is 5.48. The molecule has 1 aromatic carbocycles. The number of aryl methyl sites for hydroxylation is 2. The van der Waals surface area contributed by atoms with Crippen molar-refractivity contribution in [2.45, 2.75) is 52.4 Å². The van der Waals surface area contributed by atoms with E-state index in [1.807, 2.05) is 16.5 Å². The van der Waals surface area contributed by atoms with Crippen molar-refractivity contribution in [3.05, 3.63) is 53.1 Å². The van der Waals surface area contributed by atoms with Gasteiger partial charge in [0, 0.05) is 50.4 Å². The highest BCUT2D eigenvalue weighted by Gasteiger charge is 2.29. The summed E-state index contributed by atoms with van der Waals surface area (Å²) in [7, 11) is 0. The second-order valence-corrected chi connectivity index (χ2v) is 6.69. The molecular weight excluding hydrogens is 319 g/mol. The van der Waals surface area contributed by atoms with Crippen LogP contribution in [0.3, 0.4) is 0 Å². The molecule has 0 aliphatic carbocycles. The minimum Gasteiger partial charge on any atom is -0.337 e. The molecule has 3 rings (SSSR count). The Morgan fingerprint density at radius 1 is 1.32 bits per heavy atom. The van der Waals surface area contributed by atoms with Crippen molar-refractivity contribution in [2.24, 2.45) is 0 Å². The van der Waals surface area contributed by atoms with E-state index in [-0.39, 0.29) is 17.8 Å². The van der Waals surface area contributed by atoms with E-state index < -0.39 is 0 Å². The molecule has 1 N–H and O–H groups in total. The van der Waals surface area contributed by atoms with Gasteiger partial charge in [0.05, 0.1) is 5.69 Å². The third-order valence-corrected chi connectivity index (χ3v) is 4.58. The lowest BCUT2D eigenvalue weighted by molar-refractivity contribution is -0.128. The van der Waals surface area contributed by atoms with E-state index in [1.165, 1.54) is 17.7 Å². The molecule has 1 aliphatic rings. The summed E-state index contributed by atoms with van der Waals surface area (Å²) in [5, 5.41) is 7.98. The van der Waals surface area contributed by atoms with E-state index in [1.54, 1.807) is 12.1 Å². The Bertz CT molecular complexity index is 726. The predicted molar refractivity (Wildman–Crippen MR) is 94.3 cm³/mol. The zero-order chi connectivity index (χ0) is 17.8. The van der Waals surface area contributed by atoms with Gasteiger partial charge in [-0.15, -0.1) is 0 Å². The molecule has 5 nitrogen and oxygen atoms in total. The van der Waals surface area contributed by atoms with Crippen molar-refractivity contribution < 1.29 is 9.18 Å². The predicted octanol–water partition coefficient (Wildman–Crippen LogP) is 2.63. The van der Waals surface area contributed by atoms with Crippen molar-refractivity contribution in [1.29, 1.82) is 0 Å². The molecule has 0 radical (unpaired) electrons. The van der Waals surface area contributed by atoms with Crippen LogP contribution in [0.15, 0.2) is 30.5 Å². The van der Waals surface area contributed by atoms with Gasteiger partial charge in [0.25, 0.3) is 0 Å². The molecule has 1 fully saturated rings. The number of nitrogens with one attached hydrogen (secondary N) is 1. The standard InChI is InChI=1S/C19H25FN4O/c1-3-8-24-12-16(14(2)22-24)10-21-18-9-19(25)23(13-18)11-15-4-6-17(20)7-5-15/h4-7,12,18,21H,3,8-11,13H2,1-2H3/t18-/m1/s1. The third-order valence-electron chi connectivity index (χ3n) is 4.58. The van der Waals surface area contributed by atoms with Crippen molar-refractivity contribution in [2.75, 3.05) is 6.54 Å². The van der Waals surface area contributed by atoms with E-state index in [0.717, 1.165) is 30.8 Å². The number of hydrogen-bond acceptors (Lipinski definition) is 3. The summed E-state index contributed by atoms with van der Waals surface area (Å²) in [6.07, 6.45) is 3.64. The summed E-state index contributed by atoms with van der Waals surface area (Å²) < 4.78 is 15.0. The number of hydrogen-bond donors (Lipinski definition) is 1. The lowest BCUT2D eigenvalue weighted by Crippen LogP contribution is -2.32. The van der Waals surface area contributed by atoms with Gasteiger partial charge in [0.15, 0.2) is 0 Å². The van der Waals surface area contributed by atoms with Crippen LogP contribution in [0.2, 0.25) is 0 Å². The van der Waals surface area contributed by atoms with Crippen molar-refractivity contribution >= 4 is 5.91 Å². The van der Waals surface area contributed by atoms with Gasteiger partial charge in [-0.3, -0.25) is 9.48 Å². The summed E-state index contributed by atoms with van der Waals surface area (Å²) in [5.74, 6) is -0.116. The molecular formula is C19H25FN4O. The molecule has 1 amide bonds. The lowest BCUT2D eigenvalue weighted by atomic mass is 10.2. The highest BCUT2D eigenvalue weighted by molar-refractivity contribution is 5.79. The second-order valence-electron chi connectivity index (χ2n) is 6.69. The van der Waals surface area contributed by atoms with E-state index in [4.69, 9.17) is 0 Å². The van der Waals surface area contributed by atoms with Crippen LogP contribution in [0.25, 0.3) is 0 Å².